The Morgan fingerprint density at radius 1 is 1.00 bits per heavy atom. The Hall–Kier alpha value is -1.68. The zero-order valence-electron chi connectivity index (χ0n) is 11.4. The predicted molar refractivity (Wildman–Crippen MR) is 78.0 cm³/mol. The third-order valence-electron chi connectivity index (χ3n) is 3.70. The van der Waals surface area contributed by atoms with Gasteiger partial charge in [-0.2, -0.15) is 0 Å². The van der Waals surface area contributed by atoms with Gasteiger partial charge in [-0.15, -0.1) is 0 Å². The van der Waals surface area contributed by atoms with Gasteiger partial charge in [-0.1, -0.05) is 60.7 Å². The molecule has 20 heavy (non-hydrogen) atoms. The van der Waals surface area contributed by atoms with Gasteiger partial charge >= 0.3 is 0 Å². The first-order valence-electron chi connectivity index (χ1n) is 6.97. The topological polar surface area (TPSA) is 32.7 Å². The minimum atomic E-state index is -0.769. The van der Waals surface area contributed by atoms with Gasteiger partial charge in [-0.3, -0.25) is 4.90 Å². The largest absolute Gasteiger partial charge is 0.366 e. The van der Waals surface area contributed by atoms with Crippen LogP contribution in [0.5, 0.6) is 0 Å². The molecule has 0 amide bonds. The van der Waals surface area contributed by atoms with Gasteiger partial charge in [0.15, 0.2) is 6.29 Å². The molecular formula is C17H19NO2. The number of rotatable bonds is 3. The van der Waals surface area contributed by atoms with Crippen molar-refractivity contribution in [2.24, 2.45) is 0 Å². The van der Waals surface area contributed by atoms with Crippen LogP contribution >= 0.6 is 0 Å². The highest BCUT2D eigenvalue weighted by Gasteiger charge is 2.32. The second kappa shape index (κ2) is 6.18. The molecule has 0 unspecified atom stereocenters. The van der Waals surface area contributed by atoms with Crippen molar-refractivity contribution in [1.82, 2.24) is 4.90 Å². The zero-order chi connectivity index (χ0) is 13.8. The van der Waals surface area contributed by atoms with Crippen LogP contribution in [0.4, 0.5) is 0 Å². The van der Waals surface area contributed by atoms with Gasteiger partial charge in [0.25, 0.3) is 0 Å². The van der Waals surface area contributed by atoms with Crippen molar-refractivity contribution >= 4 is 0 Å². The molecule has 0 spiro atoms. The second-order valence-electron chi connectivity index (χ2n) is 5.07. The van der Waals surface area contributed by atoms with Gasteiger partial charge in [-0.25, -0.2) is 0 Å². The lowest BCUT2D eigenvalue weighted by molar-refractivity contribution is -0.184. The first-order chi connectivity index (χ1) is 9.84. The van der Waals surface area contributed by atoms with Gasteiger partial charge in [0, 0.05) is 13.1 Å². The lowest BCUT2D eigenvalue weighted by Crippen LogP contribution is -2.44. The summed E-state index contributed by atoms with van der Waals surface area (Å²) in [5.41, 5.74) is 2.35. The monoisotopic (exact) mass is 269 g/mol. The van der Waals surface area contributed by atoms with Crippen molar-refractivity contribution in [1.29, 1.82) is 0 Å². The molecule has 2 aromatic carbocycles. The summed E-state index contributed by atoms with van der Waals surface area (Å²) in [5.74, 6) is 0. The van der Waals surface area contributed by atoms with E-state index in [1.165, 1.54) is 5.56 Å². The van der Waals surface area contributed by atoms with Crippen molar-refractivity contribution in [3.8, 4) is 0 Å². The van der Waals surface area contributed by atoms with E-state index in [0.717, 1.165) is 18.7 Å². The van der Waals surface area contributed by atoms with Gasteiger partial charge in [-0.05, 0) is 11.1 Å². The fourth-order valence-corrected chi connectivity index (χ4v) is 2.72. The molecule has 3 heteroatoms. The van der Waals surface area contributed by atoms with Gasteiger partial charge in [0.1, 0.15) is 0 Å². The molecule has 0 aromatic heterocycles. The number of nitrogens with zero attached hydrogens (tertiary/aromatic N) is 1. The lowest BCUT2D eigenvalue weighted by atomic mass is 10.0. The molecule has 0 saturated carbocycles. The second-order valence-corrected chi connectivity index (χ2v) is 5.07. The molecule has 0 bridgehead atoms. The van der Waals surface area contributed by atoms with Crippen LogP contribution in [0.2, 0.25) is 0 Å². The molecule has 2 aromatic rings. The van der Waals surface area contributed by atoms with E-state index in [1.807, 2.05) is 48.5 Å². The molecule has 1 saturated heterocycles. The highest BCUT2D eigenvalue weighted by atomic mass is 16.6. The van der Waals surface area contributed by atoms with E-state index >= 15 is 0 Å². The lowest BCUT2D eigenvalue weighted by Gasteiger charge is -2.39. The molecule has 2 atom stereocenters. The number of aliphatic hydroxyl groups is 1. The fourth-order valence-electron chi connectivity index (χ4n) is 2.72. The van der Waals surface area contributed by atoms with Crippen LogP contribution < -0.4 is 0 Å². The molecule has 1 N–H and O–H groups in total. The van der Waals surface area contributed by atoms with Crippen LogP contribution in [0.15, 0.2) is 60.7 Å². The molecular weight excluding hydrogens is 250 g/mol. The molecule has 1 heterocycles. The van der Waals surface area contributed by atoms with Crippen molar-refractivity contribution in [3.05, 3.63) is 71.8 Å². The summed E-state index contributed by atoms with van der Waals surface area (Å²) < 4.78 is 5.43. The maximum absolute atomic E-state index is 10.2. The van der Waals surface area contributed by atoms with Crippen LogP contribution in [0, 0.1) is 0 Å². The summed E-state index contributed by atoms with van der Waals surface area (Å²) in [5, 5.41) is 10.2. The average molecular weight is 269 g/mol. The maximum atomic E-state index is 10.2. The zero-order valence-corrected chi connectivity index (χ0v) is 11.4. The molecule has 3 nitrogen and oxygen atoms in total. The van der Waals surface area contributed by atoms with Crippen LogP contribution in [0.1, 0.15) is 17.2 Å². The number of ether oxygens (including phenoxy) is 1. The Balaban J connectivity index is 1.83. The van der Waals surface area contributed by atoms with E-state index in [2.05, 4.69) is 17.0 Å². The molecule has 1 aliphatic heterocycles. The van der Waals surface area contributed by atoms with Crippen LogP contribution in [0.25, 0.3) is 0 Å². The first kappa shape index (κ1) is 13.3. The molecule has 3 rings (SSSR count). The van der Waals surface area contributed by atoms with Crippen LogP contribution in [0.3, 0.4) is 0 Å². The number of aliphatic hydroxyl groups excluding tert-OH is 1. The number of morpholine rings is 1. The van der Waals surface area contributed by atoms with Crippen molar-refractivity contribution in [2.75, 3.05) is 13.2 Å². The highest BCUT2D eigenvalue weighted by molar-refractivity contribution is 5.21. The Morgan fingerprint density at radius 2 is 1.65 bits per heavy atom. The minimum absolute atomic E-state index is 0.106. The van der Waals surface area contributed by atoms with E-state index in [4.69, 9.17) is 4.74 Å². The summed E-state index contributed by atoms with van der Waals surface area (Å²) >= 11 is 0. The minimum Gasteiger partial charge on any atom is -0.366 e. The number of hydrogen-bond donors (Lipinski definition) is 1. The van der Waals surface area contributed by atoms with Gasteiger partial charge < -0.3 is 9.84 Å². The quantitative estimate of drug-likeness (QED) is 0.929. The maximum Gasteiger partial charge on any atom is 0.174 e. The van der Waals surface area contributed by atoms with Crippen LogP contribution in [-0.2, 0) is 11.3 Å². The summed E-state index contributed by atoms with van der Waals surface area (Å²) in [7, 11) is 0. The van der Waals surface area contributed by atoms with Crippen molar-refractivity contribution in [3.63, 3.8) is 0 Å². The van der Waals surface area contributed by atoms with Gasteiger partial charge in [0.2, 0.25) is 0 Å². The van der Waals surface area contributed by atoms with Gasteiger partial charge in [0.05, 0.1) is 12.6 Å². The molecule has 0 radical (unpaired) electrons. The summed E-state index contributed by atoms with van der Waals surface area (Å²) in [4.78, 5) is 2.28. The van der Waals surface area contributed by atoms with Crippen LogP contribution in [-0.4, -0.2) is 29.4 Å². The SMILES string of the molecule is O[C@H]1OCCN(Cc2ccccc2)[C@@H]1c1ccccc1. The summed E-state index contributed by atoms with van der Waals surface area (Å²) in [6.07, 6.45) is -0.769. The van der Waals surface area contributed by atoms with Crippen molar-refractivity contribution < 1.29 is 9.84 Å². The van der Waals surface area contributed by atoms with E-state index < -0.39 is 6.29 Å². The predicted octanol–water partition coefficient (Wildman–Crippen LogP) is 2.58. The molecule has 1 aliphatic rings. The standard InChI is InChI=1S/C17H19NO2/c19-17-16(15-9-5-2-6-10-15)18(11-12-20-17)13-14-7-3-1-4-8-14/h1-10,16-17,19H,11-13H2/t16-,17+/m1/s1. The Labute approximate surface area is 119 Å². The van der Waals surface area contributed by atoms with E-state index in [0.29, 0.717) is 6.61 Å². The molecule has 104 valence electrons. The summed E-state index contributed by atoms with van der Waals surface area (Å²) in [6, 6.07) is 20.3. The fraction of sp³-hybridized carbons (Fsp3) is 0.294. The van der Waals surface area contributed by atoms with E-state index in [1.54, 1.807) is 0 Å². The average Bonchev–Trinajstić information content (AvgIpc) is 2.49. The van der Waals surface area contributed by atoms with E-state index in [-0.39, 0.29) is 6.04 Å². The Bertz CT molecular complexity index is 529. The summed E-state index contributed by atoms with van der Waals surface area (Å²) in [6.45, 7) is 2.21. The Morgan fingerprint density at radius 3 is 2.35 bits per heavy atom. The smallest absolute Gasteiger partial charge is 0.174 e. The molecule has 1 fully saturated rings. The van der Waals surface area contributed by atoms with Crippen molar-refractivity contribution in [2.45, 2.75) is 18.9 Å². The normalized spacial score (nSPS) is 23.6. The van der Waals surface area contributed by atoms with E-state index in [9.17, 15) is 5.11 Å². The first-order valence-corrected chi connectivity index (χ1v) is 6.97. The highest BCUT2D eigenvalue weighted by Crippen LogP contribution is 2.29. The third-order valence-corrected chi connectivity index (χ3v) is 3.70. The molecule has 0 aliphatic carbocycles. The Kier molecular flexibility index (Phi) is 4.11. The number of benzene rings is 2. The number of hydrogen-bond acceptors (Lipinski definition) is 3. The third kappa shape index (κ3) is 2.90.